The lowest BCUT2D eigenvalue weighted by Gasteiger charge is -2.26. The van der Waals surface area contributed by atoms with Crippen LogP contribution in [0, 0.1) is 12.7 Å². The Morgan fingerprint density at radius 2 is 1.71 bits per heavy atom. The molecule has 1 aliphatic rings. The van der Waals surface area contributed by atoms with E-state index in [2.05, 4.69) is 9.46 Å². The molecule has 8 nitrogen and oxygen atoms in total. The first-order valence-corrected chi connectivity index (χ1v) is 12.5. The van der Waals surface area contributed by atoms with Crippen molar-refractivity contribution >= 4 is 31.7 Å². The maximum atomic E-state index is 14.3. The summed E-state index contributed by atoms with van der Waals surface area (Å²) in [6, 6.07) is 6.94. The molecule has 2 aromatic carbocycles. The Morgan fingerprint density at radius 1 is 1.03 bits per heavy atom. The summed E-state index contributed by atoms with van der Waals surface area (Å²) in [6.45, 7) is 2.40. The SMILES string of the molecule is COC(=O)c1ccc(F)c(S(=O)(=O)Nc2cc(S(=O)(=O)N3CCCCC3)ccc2C)c1. The van der Waals surface area contributed by atoms with Crippen LogP contribution in [0.1, 0.15) is 35.2 Å². The van der Waals surface area contributed by atoms with Crippen LogP contribution in [0.25, 0.3) is 0 Å². The van der Waals surface area contributed by atoms with Gasteiger partial charge in [0.25, 0.3) is 10.0 Å². The maximum Gasteiger partial charge on any atom is 0.337 e. The van der Waals surface area contributed by atoms with Crippen LogP contribution in [0.3, 0.4) is 0 Å². The molecule has 1 saturated heterocycles. The zero-order chi connectivity index (χ0) is 22.8. The summed E-state index contributed by atoms with van der Waals surface area (Å²) in [6.07, 6.45) is 2.49. The minimum absolute atomic E-state index is 0.000885. The molecule has 1 heterocycles. The van der Waals surface area contributed by atoms with E-state index in [1.165, 1.54) is 22.5 Å². The predicted molar refractivity (Wildman–Crippen MR) is 112 cm³/mol. The zero-order valence-corrected chi connectivity index (χ0v) is 18.7. The number of sulfonamides is 2. The third-order valence-electron chi connectivity index (χ3n) is 5.05. The molecule has 3 rings (SSSR count). The number of carbonyl (C=O) groups is 1. The zero-order valence-electron chi connectivity index (χ0n) is 17.1. The van der Waals surface area contributed by atoms with Gasteiger partial charge in [0.1, 0.15) is 10.7 Å². The van der Waals surface area contributed by atoms with E-state index in [1.54, 1.807) is 6.92 Å². The number of anilines is 1. The average molecular weight is 471 g/mol. The standard InChI is InChI=1S/C20H23FN2O6S2/c1-14-6-8-16(31(27,28)23-10-4-3-5-11-23)13-18(14)22-30(25,26)19-12-15(20(24)29-2)7-9-17(19)21/h6-9,12-13,22H,3-5,10-11H2,1-2H3. The molecule has 0 spiro atoms. The largest absolute Gasteiger partial charge is 0.465 e. The van der Waals surface area contributed by atoms with Crippen molar-refractivity contribution in [3.8, 4) is 0 Å². The van der Waals surface area contributed by atoms with Crippen molar-refractivity contribution in [2.24, 2.45) is 0 Å². The Bertz CT molecular complexity index is 1210. The van der Waals surface area contributed by atoms with Gasteiger partial charge in [-0.3, -0.25) is 4.72 Å². The van der Waals surface area contributed by atoms with Crippen LogP contribution in [0.5, 0.6) is 0 Å². The molecule has 0 amide bonds. The number of benzene rings is 2. The second kappa shape index (κ2) is 8.93. The number of nitrogens with one attached hydrogen (secondary N) is 1. The third-order valence-corrected chi connectivity index (χ3v) is 8.32. The van der Waals surface area contributed by atoms with Crippen molar-refractivity contribution in [2.75, 3.05) is 24.9 Å². The number of rotatable bonds is 6. The van der Waals surface area contributed by atoms with Crippen LogP contribution in [-0.4, -0.2) is 47.3 Å². The van der Waals surface area contributed by atoms with E-state index in [-0.39, 0.29) is 16.1 Å². The van der Waals surface area contributed by atoms with Crippen molar-refractivity contribution in [1.82, 2.24) is 4.31 Å². The van der Waals surface area contributed by atoms with E-state index in [0.717, 1.165) is 44.6 Å². The number of piperidine rings is 1. The van der Waals surface area contributed by atoms with Gasteiger partial charge in [-0.25, -0.2) is 26.0 Å². The fourth-order valence-electron chi connectivity index (χ4n) is 3.28. The Morgan fingerprint density at radius 3 is 2.35 bits per heavy atom. The van der Waals surface area contributed by atoms with E-state index in [4.69, 9.17) is 0 Å². The molecule has 1 aliphatic heterocycles. The van der Waals surface area contributed by atoms with Crippen molar-refractivity contribution < 1.29 is 30.8 Å². The molecule has 0 aromatic heterocycles. The Kier molecular flexibility index (Phi) is 6.68. The number of methoxy groups -OCH3 is 1. The lowest BCUT2D eigenvalue weighted by molar-refractivity contribution is 0.0600. The number of hydrogen-bond donors (Lipinski definition) is 1. The van der Waals surface area contributed by atoms with E-state index in [0.29, 0.717) is 18.7 Å². The molecule has 0 radical (unpaired) electrons. The average Bonchev–Trinajstić information content (AvgIpc) is 2.75. The number of carbonyl (C=O) groups excluding carboxylic acids is 1. The molecule has 2 aromatic rings. The van der Waals surface area contributed by atoms with Gasteiger partial charge in [0.2, 0.25) is 10.0 Å². The molecular weight excluding hydrogens is 447 g/mol. The van der Waals surface area contributed by atoms with Gasteiger partial charge in [0, 0.05) is 13.1 Å². The molecule has 0 saturated carbocycles. The molecule has 0 aliphatic carbocycles. The molecule has 168 valence electrons. The van der Waals surface area contributed by atoms with Crippen LogP contribution in [0.15, 0.2) is 46.2 Å². The van der Waals surface area contributed by atoms with Crippen LogP contribution in [0.2, 0.25) is 0 Å². The Hall–Kier alpha value is -2.50. The van der Waals surface area contributed by atoms with Crippen LogP contribution >= 0.6 is 0 Å². The van der Waals surface area contributed by atoms with Gasteiger partial charge in [0.05, 0.1) is 23.3 Å². The van der Waals surface area contributed by atoms with Gasteiger partial charge in [-0.2, -0.15) is 4.31 Å². The van der Waals surface area contributed by atoms with Crippen molar-refractivity contribution in [3.63, 3.8) is 0 Å². The third kappa shape index (κ3) is 4.89. The minimum Gasteiger partial charge on any atom is -0.465 e. The summed E-state index contributed by atoms with van der Waals surface area (Å²) in [4.78, 5) is 10.9. The second-order valence-corrected chi connectivity index (χ2v) is 10.8. The molecule has 1 N–H and O–H groups in total. The number of ether oxygens (including phenoxy) is 1. The summed E-state index contributed by atoms with van der Waals surface area (Å²) in [7, 11) is -7.13. The summed E-state index contributed by atoms with van der Waals surface area (Å²) in [5.41, 5.74) is 0.314. The highest BCUT2D eigenvalue weighted by Gasteiger charge is 2.28. The normalized spacial score (nSPS) is 15.5. The number of hydrogen-bond acceptors (Lipinski definition) is 6. The molecule has 0 unspecified atom stereocenters. The number of esters is 1. The first-order valence-electron chi connectivity index (χ1n) is 9.58. The first kappa shape index (κ1) is 23.2. The van der Waals surface area contributed by atoms with Crippen molar-refractivity contribution in [3.05, 3.63) is 53.3 Å². The summed E-state index contributed by atoms with van der Waals surface area (Å²) in [5.74, 6) is -1.88. The van der Waals surface area contributed by atoms with Crippen LogP contribution in [0.4, 0.5) is 10.1 Å². The number of nitrogens with zero attached hydrogens (tertiary/aromatic N) is 1. The van der Waals surface area contributed by atoms with E-state index in [9.17, 15) is 26.0 Å². The smallest absolute Gasteiger partial charge is 0.337 e. The van der Waals surface area contributed by atoms with E-state index < -0.39 is 36.7 Å². The minimum atomic E-state index is -4.46. The Labute approximate surface area is 181 Å². The molecule has 1 fully saturated rings. The van der Waals surface area contributed by atoms with Crippen molar-refractivity contribution in [2.45, 2.75) is 36.0 Å². The highest BCUT2D eigenvalue weighted by molar-refractivity contribution is 7.92. The van der Waals surface area contributed by atoms with Crippen LogP contribution in [-0.2, 0) is 24.8 Å². The van der Waals surface area contributed by atoms with Gasteiger partial charge < -0.3 is 4.74 Å². The van der Waals surface area contributed by atoms with Gasteiger partial charge in [-0.15, -0.1) is 0 Å². The second-order valence-electron chi connectivity index (χ2n) is 7.18. The van der Waals surface area contributed by atoms with Crippen molar-refractivity contribution in [1.29, 1.82) is 0 Å². The first-order chi connectivity index (χ1) is 14.6. The molecule has 31 heavy (non-hydrogen) atoms. The summed E-state index contributed by atoms with van der Waals surface area (Å²) >= 11 is 0. The predicted octanol–water partition coefficient (Wildman–Crippen LogP) is 2.90. The van der Waals surface area contributed by atoms with E-state index in [1.807, 2.05) is 0 Å². The highest BCUT2D eigenvalue weighted by atomic mass is 32.2. The maximum absolute atomic E-state index is 14.3. The lowest BCUT2D eigenvalue weighted by atomic mass is 10.2. The molecule has 0 atom stereocenters. The Balaban J connectivity index is 1.97. The highest BCUT2D eigenvalue weighted by Crippen LogP contribution is 2.28. The number of halogens is 1. The molecule has 0 bridgehead atoms. The van der Waals surface area contributed by atoms with Crippen LogP contribution < -0.4 is 4.72 Å². The lowest BCUT2D eigenvalue weighted by Crippen LogP contribution is -2.35. The molecular formula is C20H23FN2O6S2. The quantitative estimate of drug-likeness (QED) is 0.650. The fraction of sp³-hybridized carbons (Fsp3) is 0.350. The number of aryl methyl sites for hydroxylation is 1. The van der Waals surface area contributed by atoms with Gasteiger partial charge >= 0.3 is 5.97 Å². The fourth-order valence-corrected chi connectivity index (χ4v) is 6.05. The monoisotopic (exact) mass is 470 g/mol. The van der Waals surface area contributed by atoms with Gasteiger partial charge in [-0.05, 0) is 55.7 Å². The summed E-state index contributed by atoms with van der Waals surface area (Å²) < 4.78 is 74.0. The van der Waals surface area contributed by atoms with Gasteiger partial charge in [-0.1, -0.05) is 12.5 Å². The topological polar surface area (TPSA) is 110 Å². The molecule has 11 heteroatoms. The summed E-state index contributed by atoms with van der Waals surface area (Å²) in [5, 5.41) is 0. The van der Waals surface area contributed by atoms with E-state index >= 15 is 0 Å². The van der Waals surface area contributed by atoms with Gasteiger partial charge in [0.15, 0.2) is 0 Å².